The number of morpholine rings is 1. The van der Waals surface area contributed by atoms with Gasteiger partial charge in [-0.3, -0.25) is 14.5 Å². The van der Waals surface area contributed by atoms with Crippen molar-refractivity contribution in [3.63, 3.8) is 0 Å². The van der Waals surface area contributed by atoms with Crippen LogP contribution in [0.25, 0.3) is 0 Å². The Bertz CT molecular complexity index is 935. The van der Waals surface area contributed by atoms with Gasteiger partial charge in [0.25, 0.3) is 11.8 Å². The topological polar surface area (TPSA) is 104 Å². The lowest BCUT2D eigenvalue weighted by atomic mass is 10.1. The lowest BCUT2D eigenvalue weighted by molar-refractivity contribution is -0.118. The number of carbonyl (C=O) groups is 2. The van der Waals surface area contributed by atoms with Crippen molar-refractivity contribution < 1.29 is 19.1 Å². The molecule has 1 aliphatic heterocycles. The van der Waals surface area contributed by atoms with Crippen molar-refractivity contribution in [1.29, 1.82) is 5.26 Å². The van der Waals surface area contributed by atoms with Crippen LogP contribution in [0.5, 0.6) is 5.75 Å². The van der Waals surface area contributed by atoms with Crippen molar-refractivity contribution in [2.24, 2.45) is 0 Å². The zero-order valence-corrected chi connectivity index (χ0v) is 17.3. The molecule has 0 spiro atoms. The van der Waals surface area contributed by atoms with Crippen molar-refractivity contribution in [3.8, 4) is 11.8 Å². The fraction of sp³-hybridized carbons (Fsp3) is 0.348. The van der Waals surface area contributed by atoms with Crippen LogP contribution in [0.4, 0.5) is 5.69 Å². The van der Waals surface area contributed by atoms with Crippen LogP contribution < -0.4 is 15.4 Å². The predicted molar refractivity (Wildman–Crippen MR) is 116 cm³/mol. The Morgan fingerprint density at radius 1 is 1.10 bits per heavy atom. The number of nitriles is 1. The van der Waals surface area contributed by atoms with Crippen molar-refractivity contribution in [2.45, 2.75) is 6.42 Å². The van der Waals surface area contributed by atoms with E-state index in [9.17, 15) is 9.59 Å². The third-order valence-electron chi connectivity index (χ3n) is 4.85. The van der Waals surface area contributed by atoms with Gasteiger partial charge < -0.3 is 20.1 Å². The van der Waals surface area contributed by atoms with Gasteiger partial charge in [0.15, 0.2) is 6.61 Å². The molecule has 2 N–H and O–H groups in total. The van der Waals surface area contributed by atoms with Crippen molar-refractivity contribution >= 4 is 17.5 Å². The molecule has 2 aromatic rings. The highest BCUT2D eigenvalue weighted by molar-refractivity contribution is 6.04. The van der Waals surface area contributed by atoms with Gasteiger partial charge in [0, 0.05) is 19.6 Å². The highest BCUT2D eigenvalue weighted by Crippen LogP contribution is 2.18. The van der Waals surface area contributed by atoms with E-state index in [0.29, 0.717) is 29.1 Å². The fourth-order valence-electron chi connectivity index (χ4n) is 3.23. The molecule has 0 atom stereocenters. The molecule has 3 rings (SSSR count). The number of benzene rings is 2. The minimum atomic E-state index is -0.416. The van der Waals surface area contributed by atoms with Crippen molar-refractivity contribution in [3.05, 3.63) is 59.7 Å². The first-order valence-electron chi connectivity index (χ1n) is 10.3. The third-order valence-corrected chi connectivity index (χ3v) is 4.85. The molecule has 0 aliphatic carbocycles. The molecule has 2 amide bonds. The number of nitrogens with one attached hydrogen (secondary N) is 2. The molecular weight excluding hydrogens is 396 g/mol. The van der Waals surface area contributed by atoms with Gasteiger partial charge in [0.1, 0.15) is 11.8 Å². The monoisotopic (exact) mass is 422 g/mol. The summed E-state index contributed by atoms with van der Waals surface area (Å²) in [6, 6.07) is 15.5. The first kappa shape index (κ1) is 22.3. The number of nitrogens with zero attached hydrogens (tertiary/aromatic N) is 2. The molecule has 0 saturated carbocycles. The number of hydrogen-bond donors (Lipinski definition) is 2. The second kappa shape index (κ2) is 11.7. The maximum absolute atomic E-state index is 12.6. The fourth-order valence-corrected chi connectivity index (χ4v) is 3.23. The van der Waals surface area contributed by atoms with Gasteiger partial charge >= 0.3 is 0 Å². The number of amides is 2. The molecule has 31 heavy (non-hydrogen) atoms. The lowest BCUT2D eigenvalue weighted by Gasteiger charge is -2.26. The number of carbonyl (C=O) groups excluding carboxylic acids is 2. The average Bonchev–Trinajstić information content (AvgIpc) is 2.81. The van der Waals surface area contributed by atoms with Crippen LogP contribution in [-0.2, 0) is 9.53 Å². The molecule has 162 valence electrons. The molecular formula is C23H26N4O4. The SMILES string of the molecule is N#Cc1ccccc1OCC(=O)Nc1ccccc1C(=O)NCCCN1CCOCC1. The summed E-state index contributed by atoms with van der Waals surface area (Å²) in [7, 11) is 0. The summed E-state index contributed by atoms with van der Waals surface area (Å²) in [5.41, 5.74) is 1.15. The summed E-state index contributed by atoms with van der Waals surface area (Å²) >= 11 is 0. The van der Waals surface area contributed by atoms with E-state index in [2.05, 4.69) is 15.5 Å². The Labute approximate surface area is 181 Å². The Hall–Kier alpha value is -3.41. The summed E-state index contributed by atoms with van der Waals surface area (Å²) < 4.78 is 10.8. The highest BCUT2D eigenvalue weighted by atomic mass is 16.5. The summed E-state index contributed by atoms with van der Waals surface area (Å²) in [5.74, 6) is -0.319. The Morgan fingerprint density at radius 3 is 2.65 bits per heavy atom. The van der Waals surface area contributed by atoms with Gasteiger partial charge in [-0.2, -0.15) is 5.26 Å². The van der Waals surface area contributed by atoms with Crippen LogP contribution in [0.1, 0.15) is 22.3 Å². The molecule has 2 aromatic carbocycles. The second-order valence-corrected chi connectivity index (χ2v) is 7.05. The standard InChI is InChI=1S/C23H26N4O4/c24-16-18-6-1-4-9-21(18)31-17-22(28)26-20-8-3-2-7-19(20)23(29)25-10-5-11-27-12-14-30-15-13-27/h1-4,6-9H,5,10-15,17H2,(H,25,29)(H,26,28). The van der Waals surface area contributed by atoms with Crippen LogP contribution in [0.15, 0.2) is 48.5 Å². The van der Waals surface area contributed by atoms with Gasteiger partial charge in [0.05, 0.1) is 30.0 Å². The zero-order valence-electron chi connectivity index (χ0n) is 17.3. The van der Waals surface area contributed by atoms with Gasteiger partial charge in [0.2, 0.25) is 0 Å². The number of hydrogen-bond acceptors (Lipinski definition) is 6. The summed E-state index contributed by atoms with van der Waals surface area (Å²) in [6.07, 6.45) is 0.840. The number of para-hydroxylation sites is 2. The van der Waals surface area contributed by atoms with Crippen LogP contribution in [0.3, 0.4) is 0 Å². The maximum Gasteiger partial charge on any atom is 0.262 e. The van der Waals surface area contributed by atoms with E-state index in [1.165, 1.54) is 0 Å². The number of ether oxygens (including phenoxy) is 2. The molecule has 1 saturated heterocycles. The molecule has 1 heterocycles. The minimum Gasteiger partial charge on any atom is -0.482 e. The van der Waals surface area contributed by atoms with Gasteiger partial charge in [-0.15, -0.1) is 0 Å². The summed E-state index contributed by atoms with van der Waals surface area (Å²) in [6.45, 7) is 4.54. The van der Waals surface area contributed by atoms with Crippen LogP contribution in [-0.4, -0.2) is 62.7 Å². The van der Waals surface area contributed by atoms with E-state index in [0.717, 1.165) is 39.3 Å². The van der Waals surface area contributed by atoms with E-state index >= 15 is 0 Å². The first-order chi connectivity index (χ1) is 15.2. The predicted octanol–water partition coefficient (Wildman–Crippen LogP) is 2.03. The van der Waals surface area contributed by atoms with Gasteiger partial charge in [-0.1, -0.05) is 24.3 Å². The maximum atomic E-state index is 12.6. The molecule has 1 aliphatic rings. The zero-order chi connectivity index (χ0) is 21.9. The van der Waals surface area contributed by atoms with Gasteiger partial charge in [-0.25, -0.2) is 0 Å². The second-order valence-electron chi connectivity index (χ2n) is 7.05. The number of anilines is 1. The van der Waals surface area contributed by atoms with Crippen LogP contribution in [0, 0.1) is 11.3 Å². The molecule has 8 heteroatoms. The molecule has 0 radical (unpaired) electrons. The van der Waals surface area contributed by atoms with Crippen LogP contribution in [0.2, 0.25) is 0 Å². The van der Waals surface area contributed by atoms with Gasteiger partial charge in [-0.05, 0) is 37.2 Å². The van der Waals surface area contributed by atoms with Crippen molar-refractivity contribution in [2.75, 3.05) is 51.3 Å². The Morgan fingerprint density at radius 2 is 1.84 bits per heavy atom. The van der Waals surface area contributed by atoms with Crippen molar-refractivity contribution in [1.82, 2.24) is 10.2 Å². The van der Waals surface area contributed by atoms with E-state index < -0.39 is 5.91 Å². The van der Waals surface area contributed by atoms with E-state index in [4.69, 9.17) is 14.7 Å². The molecule has 0 unspecified atom stereocenters. The third kappa shape index (κ3) is 6.81. The first-order valence-corrected chi connectivity index (χ1v) is 10.3. The Balaban J connectivity index is 1.49. The van der Waals surface area contributed by atoms with E-state index in [1.54, 1.807) is 48.5 Å². The normalized spacial score (nSPS) is 13.8. The van der Waals surface area contributed by atoms with Crippen LogP contribution >= 0.6 is 0 Å². The van der Waals surface area contributed by atoms with E-state index in [-0.39, 0.29) is 12.5 Å². The average molecular weight is 422 g/mol. The summed E-state index contributed by atoms with van der Waals surface area (Å²) in [4.78, 5) is 27.2. The summed E-state index contributed by atoms with van der Waals surface area (Å²) in [5, 5.41) is 14.7. The largest absolute Gasteiger partial charge is 0.482 e. The number of rotatable bonds is 9. The smallest absolute Gasteiger partial charge is 0.262 e. The molecule has 0 bridgehead atoms. The molecule has 8 nitrogen and oxygen atoms in total. The minimum absolute atomic E-state index is 0.242. The molecule has 1 fully saturated rings. The lowest BCUT2D eigenvalue weighted by Crippen LogP contribution is -2.38. The highest BCUT2D eigenvalue weighted by Gasteiger charge is 2.14. The van der Waals surface area contributed by atoms with E-state index in [1.807, 2.05) is 6.07 Å². The molecule has 0 aromatic heterocycles. The Kier molecular flexibility index (Phi) is 8.40. The quantitative estimate of drug-likeness (QED) is 0.600.